The van der Waals surface area contributed by atoms with Crippen molar-refractivity contribution < 1.29 is 4.79 Å². The molecule has 23 heavy (non-hydrogen) atoms. The van der Waals surface area contributed by atoms with Crippen molar-refractivity contribution in [3.8, 4) is 11.3 Å². The molecular weight excluding hydrogens is 314 g/mol. The smallest absolute Gasteiger partial charge is 0.255 e. The van der Waals surface area contributed by atoms with Crippen LogP contribution in [0.4, 0.5) is 0 Å². The molecule has 1 aliphatic rings. The highest BCUT2D eigenvalue weighted by Gasteiger charge is 2.15. The van der Waals surface area contributed by atoms with Crippen LogP contribution in [0, 0.1) is 0 Å². The fourth-order valence-corrected chi connectivity index (χ4v) is 2.64. The van der Waals surface area contributed by atoms with Gasteiger partial charge in [-0.2, -0.15) is 5.10 Å². The second-order valence-corrected chi connectivity index (χ2v) is 5.37. The Balaban J connectivity index is 0.00000192. The number of hydrogen-bond donors (Lipinski definition) is 3. The van der Waals surface area contributed by atoms with Gasteiger partial charge in [0.2, 0.25) is 0 Å². The number of halogens is 1. The lowest BCUT2D eigenvalue weighted by atomic mass is 10.1. The van der Waals surface area contributed by atoms with Gasteiger partial charge >= 0.3 is 0 Å². The molecule has 3 N–H and O–H groups in total. The SMILES string of the molecule is Cl.O=C(NCCN1CCNCC1)c1cn[nH]c1-c1ccccc1. The van der Waals surface area contributed by atoms with Gasteiger partial charge in [-0.3, -0.25) is 14.8 Å². The molecule has 3 rings (SSSR count). The topological polar surface area (TPSA) is 73.1 Å². The first kappa shape index (κ1) is 17.5. The minimum atomic E-state index is -0.0808. The number of amides is 1. The molecule has 1 fully saturated rings. The lowest BCUT2D eigenvalue weighted by molar-refractivity contribution is 0.0948. The Morgan fingerprint density at radius 1 is 1.22 bits per heavy atom. The summed E-state index contributed by atoms with van der Waals surface area (Å²) < 4.78 is 0. The highest BCUT2D eigenvalue weighted by Crippen LogP contribution is 2.20. The molecule has 124 valence electrons. The molecule has 7 heteroatoms. The average molecular weight is 336 g/mol. The number of piperazine rings is 1. The first-order chi connectivity index (χ1) is 10.8. The van der Waals surface area contributed by atoms with Gasteiger partial charge < -0.3 is 10.6 Å². The number of benzene rings is 1. The van der Waals surface area contributed by atoms with E-state index >= 15 is 0 Å². The molecule has 1 aromatic heterocycles. The second kappa shape index (κ2) is 8.67. The van der Waals surface area contributed by atoms with Gasteiger partial charge in [-0.25, -0.2) is 0 Å². The summed E-state index contributed by atoms with van der Waals surface area (Å²) in [5.41, 5.74) is 2.32. The van der Waals surface area contributed by atoms with E-state index < -0.39 is 0 Å². The summed E-state index contributed by atoms with van der Waals surface area (Å²) in [6.07, 6.45) is 1.59. The van der Waals surface area contributed by atoms with Crippen molar-refractivity contribution >= 4 is 18.3 Å². The van der Waals surface area contributed by atoms with E-state index in [0.29, 0.717) is 12.1 Å². The number of hydrogen-bond acceptors (Lipinski definition) is 4. The standard InChI is InChI=1S/C16H21N5O.ClH/c22-16(18-8-11-21-9-6-17-7-10-21)14-12-19-20-15(14)13-4-2-1-3-5-13;/h1-5,12,17H,6-11H2,(H,18,22)(H,19,20);1H. The number of carbonyl (C=O) groups is 1. The molecule has 1 amide bonds. The zero-order valence-electron chi connectivity index (χ0n) is 12.9. The maximum Gasteiger partial charge on any atom is 0.255 e. The van der Waals surface area contributed by atoms with Crippen molar-refractivity contribution in [3.05, 3.63) is 42.1 Å². The maximum atomic E-state index is 12.3. The average Bonchev–Trinajstić information content (AvgIpc) is 3.06. The Labute approximate surface area is 142 Å². The summed E-state index contributed by atoms with van der Waals surface area (Å²) in [5, 5.41) is 13.2. The third kappa shape index (κ3) is 4.54. The van der Waals surface area contributed by atoms with Crippen molar-refractivity contribution in [2.45, 2.75) is 0 Å². The molecule has 2 aromatic rings. The normalized spacial score (nSPS) is 15.0. The summed E-state index contributed by atoms with van der Waals surface area (Å²) in [6.45, 7) is 5.65. The Hall–Kier alpha value is -1.89. The molecule has 0 bridgehead atoms. The van der Waals surface area contributed by atoms with Crippen LogP contribution >= 0.6 is 12.4 Å². The largest absolute Gasteiger partial charge is 0.351 e. The molecule has 1 aromatic carbocycles. The number of aromatic amines is 1. The van der Waals surface area contributed by atoms with Crippen molar-refractivity contribution in [2.24, 2.45) is 0 Å². The lowest BCUT2D eigenvalue weighted by Gasteiger charge is -2.27. The number of rotatable bonds is 5. The van der Waals surface area contributed by atoms with E-state index in [2.05, 4.69) is 25.7 Å². The van der Waals surface area contributed by atoms with E-state index in [9.17, 15) is 4.79 Å². The minimum Gasteiger partial charge on any atom is -0.351 e. The van der Waals surface area contributed by atoms with Crippen LogP contribution in [-0.2, 0) is 0 Å². The zero-order chi connectivity index (χ0) is 15.2. The molecule has 2 heterocycles. The van der Waals surface area contributed by atoms with Crippen LogP contribution < -0.4 is 10.6 Å². The molecule has 0 spiro atoms. The lowest BCUT2D eigenvalue weighted by Crippen LogP contribution is -2.46. The van der Waals surface area contributed by atoms with Gasteiger partial charge in [-0.15, -0.1) is 12.4 Å². The van der Waals surface area contributed by atoms with Crippen LogP contribution in [0.25, 0.3) is 11.3 Å². The summed E-state index contributed by atoms with van der Waals surface area (Å²) in [5.74, 6) is -0.0808. The Kier molecular flexibility index (Phi) is 6.58. The van der Waals surface area contributed by atoms with Gasteiger partial charge in [0.25, 0.3) is 5.91 Å². The Morgan fingerprint density at radius 2 is 1.96 bits per heavy atom. The number of H-pyrrole nitrogens is 1. The Morgan fingerprint density at radius 3 is 2.70 bits per heavy atom. The van der Waals surface area contributed by atoms with Crippen LogP contribution in [0.15, 0.2) is 36.5 Å². The summed E-state index contributed by atoms with van der Waals surface area (Å²) in [6, 6.07) is 9.77. The fourth-order valence-electron chi connectivity index (χ4n) is 2.64. The van der Waals surface area contributed by atoms with Crippen molar-refractivity contribution in [1.29, 1.82) is 0 Å². The third-order valence-electron chi connectivity index (χ3n) is 3.87. The van der Waals surface area contributed by atoms with Crippen LogP contribution in [0.5, 0.6) is 0 Å². The van der Waals surface area contributed by atoms with Crippen LogP contribution in [0.1, 0.15) is 10.4 Å². The van der Waals surface area contributed by atoms with Gasteiger partial charge in [-0.1, -0.05) is 30.3 Å². The Bertz CT molecular complexity index is 610. The first-order valence-electron chi connectivity index (χ1n) is 7.64. The molecular formula is C16H22ClN5O. The first-order valence-corrected chi connectivity index (χ1v) is 7.64. The van der Waals surface area contributed by atoms with Crippen molar-refractivity contribution in [3.63, 3.8) is 0 Å². The van der Waals surface area contributed by atoms with E-state index in [1.165, 1.54) is 0 Å². The van der Waals surface area contributed by atoms with Crippen LogP contribution in [0.2, 0.25) is 0 Å². The number of nitrogens with one attached hydrogen (secondary N) is 3. The summed E-state index contributed by atoms with van der Waals surface area (Å²) >= 11 is 0. The third-order valence-corrected chi connectivity index (χ3v) is 3.87. The predicted molar refractivity (Wildman–Crippen MR) is 92.9 cm³/mol. The van der Waals surface area contributed by atoms with E-state index in [1.54, 1.807) is 6.20 Å². The molecule has 1 saturated heterocycles. The van der Waals surface area contributed by atoms with Crippen molar-refractivity contribution in [1.82, 2.24) is 25.7 Å². The molecule has 0 saturated carbocycles. The van der Waals surface area contributed by atoms with E-state index in [4.69, 9.17) is 0 Å². The van der Waals surface area contributed by atoms with E-state index in [1.807, 2.05) is 30.3 Å². The maximum absolute atomic E-state index is 12.3. The highest BCUT2D eigenvalue weighted by molar-refractivity contribution is 5.99. The van der Waals surface area contributed by atoms with Gasteiger partial charge in [0.1, 0.15) is 0 Å². The van der Waals surface area contributed by atoms with Gasteiger partial charge in [-0.05, 0) is 0 Å². The van der Waals surface area contributed by atoms with Crippen molar-refractivity contribution in [2.75, 3.05) is 39.3 Å². The molecule has 0 atom stereocenters. The van der Waals surface area contributed by atoms with E-state index in [0.717, 1.165) is 44.0 Å². The van der Waals surface area contributed by atoms with Gasteiger partial charge in [0.05, 0.1) is 17.5 Å². The fraction of sp³-hybridized carbons (Fsp3) is 0.375. The quantitative estimate of drug-likeness (QED) is 0.766. The zero-order valence-corrected chi connectivity index (χ0v) is 13.7. The minimum absolute atomic E-state index is 0. The number of nitrogens with zero attached hydrogens (tertiary/aromatic N) is 2. The predicted octanol–water partition coefficient (Wildman–Crippen LogP) is 1.13. The molecule has 0 aliphatic carbocycles. The molecule has 0 unspecified atom stereocenters. The summed E-state index contributed by atoms with van der Waals surface area (Å²) in [4.78, 5) is 14.7. The van der Waals surface area contributed by atoms with E-state index in [-0.39, 0.29) is 18.3 Å². The highest BCUT2D eigenvalue weighted by atomic mass is 35.5. The molecule has 1 aliphatic heterocycles. The second-order valence-electron chi connectivity index (χ2n) is 5.37. The number of carbonyl (C=O) groups excluding carboxylic acids is 1. The van der Waals surface area contributed by atoms with Crippen LogP contribution in [-0.4, -0.2) is 60.3 Å². The van der Waals surface area contributed by atoms with Crippen LogP contribution in [0.3, 0.4) is 0 Å². The van der Waals surface area contributed by atoms with Gasteiger partial charge in [0.15, 0.2) is 0 Å². The number of aromatic nitrogens is 2. The van der Waals surface area contributed by atoms with Gasteiger partial charge in [0, 0.05) is 44.8 Å². The molecule has 6 nitrogen and oxygen atoms in total. The monoisotopic (exact) mass is 335 g/mol. The summed E-state index contributed by atoms with van der Waals surface area (Å²) in [7, 11) is 0. The molecule has 0 radical (unpaired) electrons.